The molecule has 0 spiro atoms. The number of aryl methyl sites for hydroxylation is 1. The molecule has 7 heteroatoms. The molecule has 0 unspecified atom stereocenters. The lowest BCUT2D eigenvalue weighted by atomic mass is 9.82. The Morgan fingerprint density at radius 3 is 3.04 bits per heavy atom. The van der Waals surface area contributed by atoms with Crippen molar-refractivity contribution in [1.82, 2.24) is 15.0 Å². The van der Waals surface area contributed by atoms with Crippen molar-refractivity contribution >= 4 is 5.82 Å². The van der Waals surface area contributed by atoms with Crippen molar-refractivity contribution in [3.8, 4) is 17.6 Å². The zero-order valence-electron chi connectivity index (χ0n) is 14.0. The number of rotatable bonds is 3. The van der Waals surface area contributed by atoms with E-state index in [1.54, 1.807) is 6.20 Å². The Morgan fingerprint density at radius 2 is 2.32 bits per heavy atom. The number of nitriles is 1. The average Bonchev–Trinajstić information content (AvgIpc) is 3.18. The van der Waals surface area contributed by atoms with Gasteiger partial charge in [-0.3, -0.25) is 0 Å². The summed E-state index contributed by atoms with van der Waals surface area (Å²) >= 11 is 0. The number of pyridine rings is 1. The van der Waals surface area contributed by atoms with Crippen LogP contribution < -0.4 is 4.90 Å². The van der Waals surface area contributed by atoms with Crippen molar-refractivity contribution in [3.63, 3.8) is 0 Å². The van der Waals surface area contributed by atoms with Gasteiger partial charge in [-0.15, -0.1) is 0 Å². The standard InChI is InChI=1S/C18H19N5O2/c1-12-3-2-4-15(21-12)16-20-6-13(5-19)17(22-16)23-7-14-8-25-11-18(14,9-23)10-24/h2-4,6,14,24H,7-11H2,1H3/t14-,18-/m0/s1. The predicted molar refractivity (Wildman–Crippen MR) is 90.8 cm³/mol. The molecule has 4 rings (SSSR count). The van der Waals surface area contributed by atoms with Crippen LogP contribution in [-0.2, 0) is 4.74 Å². The second kappa shape index (κ2) is 6.06. The molecule has 0 aliphatic carbocycles. The largest absolute Gasteiger partial charge is 0.396 e. The van der Waals surface area contributed by atoms with Gasteiger partial charge in [0.25, 0.3) is 0 Å². The van der Waals surface area contributed by atoms with Gasteiger partial charge in [-0.1, -0.05) is 6.07 Å². The fourth-order valence-electron chi connectivity index (χ4n) is 3.70. The summed E-state index contributed by atoms with van der Waals surface area (Å²) in [7, 11) is 0. The van der Waals surface area contributed by atoms with Gasteiger partial charge in [-0.05, 0) is 19.1 Å². The molecule has 2 aliphatic rings. The van der Waals surface area contributed by atoms with E-state index in [4.69, 9.17) is 4.74 Å². The van der Waals surface area contributed by atoms with Crippen molar-refractivity contribution in [2.45, 2.75) is 6.92 Å². The summed E-state index contributed by atoms with van der Waals surface area (Å²) in [5.41, 5.74) is 1.74. The normalized spacial score (nSPS) is 25.0. The molecule has 0 aromatic carbocycles. The monoisotopic (exact) mass is 337 g/mol. The number of aliphatic hydroxyl groups is 1. The van der Waals surface area contributed by atoms with E-state index in [0.717, 1.165) is 5.69 Å². The Hall–Kier alpha value is -2.56. The van der Waals surface area contributed by atoms with E-state index < -0.39 is 0 Å². The number of anilines is 1. The quantitative estimate of drug-likeness (QED) is 0.898. The Balaban J connectivity index is 1.72. The van der Waals surface area contributed by atoms with Crippen LogP contribution in [0, 0.1) is 29.6 Å². The average molecular weight is 337 g/mol. The summed E-state index contributed by atoms with van der Waals surface area (Å²) in [5.74, 6) is 1.36. The van der Waals surface area contributed by atoms with Gasteiger partial charge in [0, 0.05) is 30.1 Å². The number of ether oxygens (including phenoxy) is 1. The molecule has 2 aromatic rings. The minimum atomic E-state index is -0.264. The van der Waals surface area contributed by atoms with Gasteiger partial charge in [0.2, 0.25) is 0 Å². The SMILES string of the molecule is Cc1cccc(-c2ncc(C#N)c(N3C[C@H]4COC[C@@]4(CO)C3)n2)n1. The molecule has 2 aliphatic heterocycles. The zero-order valence-corrected chi connectivity index (χ0v) is 14.0. The number of aromatic nitrogens is 3. The highest BCUT2D eigenvalue weighted by Gasteiger charge is 2.51. The molecule has 2 fully saturated rings. The van der Waals surface area contributed by atoms with Gasteiger partial charge in [-0.2, -0.15) is 5.26 Å². The second-order valence-corrected chi connectivity index (χ2v) is 6.82. The van der Waals surface area contributed by atoms with E-state index in [2.05, 4.69) is 25.9 Å². The highest BCUT2D eigenvalue weighted by atomic mass is 16.5. The fraction of sp³-hybridized carbons (Fsp3) is 0.444. The summed E-state index contributed by atoms with van der Waals surface area (Å²) in [5, 5.41) is 19.3. The molecule has 25 heavy (non-hydrogen) atoms. The smallest absolute Gasteiger partial charge is 0.180 e. The van der Waals surface area contributed by atoms with E-state index in [1.807, 2.05) is 25.1 Å². The van der Waals surface area contributed by atoms with Gasteiger partial charge in [0.15, 0.2) is 11.6 Å². The first kappa shape index (κ1) is 15.9. The number of fused-ring (bicyclic) bond motifs is 1. The third kappa shape index (κ3) is 2.64. The highest BCUT2D eigenvalue weighted by molar-refractivity contribution is 5.60. The lowest BCUT2D eigenvalue weighted by Crippen LogP contribution is -2.34. The van der Waals surface area contributed by atoms with Crippen molar-refractivity contribution in [2.75, 3.05) is 37.8 Å². The molecule has 4 heterocycles. The first-order chi connectivity index (χ1) is 12.1. The van der Waals surface area contributed by atoms with Gasteiger partial charge >= 0.3 is 0 Å². The van der Waals surface area contributed by atoms with Gasteiger partial charge < -0.3 is 14.7 Å². The topological polar surface area (TPSA) is 95.2 Å². The molecule has 0 bridgehead atoms. The van der Waals surface area contributed by atoms with Crippen LogP contribution in [0.3, 0.4) is 0 Å². The van der Waals surface area contributed by atoms with E-state index in [0.29, 0.717) is 49.2 Å². The van der Waals surface area contributed by atoms with Gasteiger partial charge in [0.1, 0.15) is 17.3 Å². The van der Waals surface area contributed by atoms with Crippen LogP contribution in [0.15, 0.2) is 24.4 Å². The molecule has 7 nitrogen and oxygen atoms in total. The third-order valence-electron chi connectivity index (χ3n) is 5.14. The summed E-state index contributed by atoms with van der Waals surface area (Å²) < 4.78 is 5.56. The third-order valence-corrected chi connectivity index (χ3v) is 5.14. The van der Waals surface area contributed by atoms with E-state index in [1.165, 1.54) is 0 Å². The molecular weight excluding hydrogens is 318 g/mol. The van der Waals surface area contributed by atoms with E-state index in [-0.39, 0.29) is 17.9 Å². The molecule has 0 saturated carbocycles. The van der Waals surface area contributed by atoms with Crippen molar-refractivity contribution in [1.29, 1.82) is 5.26 Å². The van der Waals surface area contributed by atoms with Crippen LogP contribution in [0.5, 0.6) is 0 Å². The van der Waals surface area contributed by atoms with Crippen LogP contribution >= 0.6 is 0 Å². The van der Waals surface area contributed by atoms with Gasteiger partial charge in [0.05, 0.1) is 26.0 Å². The molecule has 128 valence electrons. The molecule has 2 aromatic heterocycles. The fourth-order valence-corrected chi connectivity index (χ4v) is 3.70. The van der Waals surface area contributed by atoms with Crippen LogP contribution in [0.25, 0.3) is 11.5 Å². The van der Waals surface area contributed by atoms with Crippen LogP contribution in [0.2, 0.25) is 0 Å². The Kier molecular flexibility index (Phi) is 3.86. The second-order valence-electron chi connectivity index (χ2n) is 6.82. The predicted octanol–water partition coefficient (Wildman–Crippen LogP) is 1.16. The summed E-state index contributed by atoms with van der Waals surface area (Å²) in [6.07, 6.45) is 1.55. The first-order valence-corrected chi connectivity index (χ1v) is 8.30. The summed E-state index contributed by atoms with van der Waals surface area (Å²) in [6, 6.07) is 7.87. The van der Waals surface area contributed by atoms with Crippen molar-refractivity contribution < 1.29 is 9.84 Å². The Labute approximate surface area is 145 Å². The maximum atomic E-state index is 9.87. The van der Waals surface area contributed by atoms with Crippen LogP contribution in [-0.4, -0.2) is 53.0 Å². The van der Waals surface area contributed by atoms with E-state index >= 15 is 0 Å². The molecule has 2 atom stereocenters. The van der Waals surface area contributed by atoms with Crippen LogP contribution in [0.1, 0.15) is 11.3 Å². The molecular formula is C18H19N5O2. The number of hydrogen-bond acceptors (Lipinski definition) is 7. The highest BCUT2D eigenvalue weighted by Crippen LogP contribution is 2.42. The minimum absolute atomic E-state index is 0.0768. The summed E-state index contributed by atoms with van der Waals surface area (Å²) in [6.45, 7) is 4.52. The number of hydrogen-bond donors (Lipinski definition) is 1. The van der Waals surface area contributed by atoms with Gasteiger partial charge in [-0.25, -0.2) is 15.0 Å². The van der Waals surface area contributed by atoms with Crippen molar-refractivity contribution in [3.05, 3.63) is 35.7 Å². The Bertz CT molecular complexity index is 850. The molecule has 0 amide bonds. The minimum Gasteiger partial charge on any atom is -0.396 e. The lowest BCUT2D eigenvalue weighted by molar-refractivity contribution is 0.0989. The molecule has 0 radical (unpaired) electrons. The first-order valence-electron chi connectivity index (χ1n) is 8.30. The number of nitrogens with zero attached hydrogens (tertiary/aromatic N) is 5. The zero-order chi connectivity index (χ0) is 17.4. The van der Waals surface area contributed by atoms with Crippen molar-refractivity contribution in [2.24, 2.45) is 11.3 Å². The molecule has 1 N–H and O–H groups in total. The summed E-state index contributed by atoms with van der Waals surface area (Å²) in [4.78, 5) is 15.5. The maximum Gasteiger partial charge on any atom is 0.180 e. The van der Waals surface area contributed by atoms with E-state index in [9.17, 15) is 10.4 Å². The Morgan fingerprint density at radius 1 is 1.44 bits per heavy atom. The molecule has 2 saturated heterocycles. The number of aliphatic hydroxyl groups excluding tert-OH is 1. The lowest BCUT2D eigenvalue weighted by Gasteiger charge is -2.25. The van der Waals surface area contributed by atoms with Crippen LogP contribution in [0.4, 0.5) is 5.82 Å². The maximum absolute atomic E-state index is 9.87.